The van der Waals surface area contributed by atoms with E-state index in [2.05, 4.69) is 16.3 Å². The van der Waals surface area contributed by atoms with Crippen LogP contribution in [0.1, 0.15) is 19.5 Å². The smallest absolute Gasteiger partial charge is 0.207 e. The van der Waals surface area contributed by atoms with E-state index in [-0.39, 0.29) is 0 Å². The first-order valence-electron chi connectivity index (χ1n) is 5.98. The third kappa shape index (κ3) is 2.18. The molecule has 1 aromatic carbocycles. The molecule has 0 aliphatic heterocycles. The number of benzene rings is 1. The van der Waals surface area contributed by atoms with Gasteiger partial charge in [0, 0.05) is 13.1 Å². The van der Waals surface area contributed by atoms with E-state index in [1.54, 1.807) is 0 Å². The van der Waals surface area contributed by atoms with Crippen LogP contribution in [0.5, 0.6) is 0 Å². The highest BCUT2D eigenvalue weighted by Gasteiger charge is 2.15. The Morgan fingerprint density at radius 2 is 1.83 bits per heavy atom. The van der Waals surface area contributed by atoms with Gasteiger partial charge in [0.1, 0.15) is 6.07 Å². The van der Waals surface area contributed by atoms with Gasteiger partial charge in [-0.3, -0.25) is 0 Å². The van der Waals surface area contributed by atoms with E-state index < -0.39 is 0 Å². The molecule has 0 bridgehead atoms. The minimum Gasteiger partial charge on any atom is -0.353 e. The molecule has 18 heavy (non-hydrogen) atoms. The third-order valence-electron chi connectivity index (χ3n) is 2.75. The second-order valence-corrected chi connectivity index (χ2v) is 3.78. The SMILES string of the molecule is CCN(CC)c1nn(-c2ccccc2)nc1C#N. The number of nitrogens with zero attached hydrogens (tertiary/aromatic N) is 5. The maximum Gasteiger partial charge on any atom is 0.207 e. The second-order valence-electron chi connectivity index (χ2n) is 3.78. The fourth-order valence-electron chi connectivity index (χ4n) is 1.78. The zero-order valence-electron chi connectivity index (χ0n) is 10.5. The molecule has 1 heterocycles. The summed E-state index contributed by atoms with van der Waals surface area (Å²) in [6, 6.07) is 11.7. The summed E-state index contributed by atoms with van der Waals surface area (Å²) in [4.78, 5) is 3.52. The Hall–Kier alpha value is -2.35. The van der Waals surface area contributed by atoms with Crippen molar-refractivity contribution in [2.24, 2.45) is 0 Å². The molecule has 0 fully saturated rings. The fraction of sp³-hybridized carbons (Fsp3) is 0.308. The minimum atomic E-state index is 0.363. The molecule has 0 aliphatic carbocycles. The summed E-state index contributed by atoms with van der Waals surface area (Å²) in [5.74, 6) is 0.645. The van der Waals surface area contributed by atoms with Crippen LogP contribution in [-0.2, 0) is 0 Å². The molecule has 0 aliphatic rings. The van der Waals surface area contributed by atoms with Crippen molar-refractivity contribution >= 4 is 5.82 Å². The van der Waals surface area contributed by atoms with Gasteiger partial charge in [-0.2, -0.15) is 5.26 Å². The van der Waals surface area contributed by atoms with Gasteiger partial charge in [-0.1, -0.05) is 18.2 Å². The molecule has 0 amide bonds. The van der Waals surface area contributed by atoms with Crippen molar-refractivity contribution in [3.8, 4) is 11.8 Å². The lowest BCUT2D eigenvalue weighted by molar-refractivity contribution is 0.738. The Morgan fingerprint density at radius 3 is 2.39 bits per heavy atom. The quantitative estimate of drug-likeness (QED) is 0.821. The number of para-hydroxylation sites is 1. The molecule has 0 spiro atoms. The zero-order chi connectivity index (χ0) is 13.0. The van der Waals surface area contributed by atoms with Crippen molar-refractivity contribution in [2.45, 2.75) is 13.8 Å². The van der Waals surface area contributed by atoms with Gasteiger partial charge < -0.3 is 4.90 Å². The molecule has 5 nitrogen and oxygen atoms in total. The van der Waals surface area contributed by atoms with E-state index in [4.69, 9.17) is 5.26 Å². The molecular weight excluding hydrogens is 226 g/mol. The van der Waals surface area contributed by atoms with E-state index in [0.29, 0.717) is 11.5 Å². The molecule has 2 aromatic rings. The Labute approximate surface area is 106 Å². The van der Waals surface area contributed by atoms with Crippen LogP contribution in [0.3, 0.4) is 0 Å². The summed E-state index contributed by atoms with van der Waals surface area (Å²) in [5.41, 5.74) is 1.22. The Morgan fingerprint density at radius 1 is 1.17 bits per heavy atom. The van der Waals surface area contributed by atoms with Crippen molar-refractivity contribution in [2.75, 3.05) is 18.0 Å². The molecular formula is C13H15N5. The molecule has 0 saturated heterocycles. The van der Waals surface area contributed by atoms with Crippen molar-refractivity contribution in [3.05, 3.63) is 36.0 Å². The summed E-state index contributed by atoms with van der Waals surface area (Å²) < 4.78 is 0. The van der Waals surface area contributed by atoms with Crippen LogP contribution < -0.4 is 4.90 Å². The van der Waals surface area contributed by atoms with Crippen molar-refractivity contribution in [3.63, 3.8) is 0 Å². The molecule has 1 aromatic heterocycles. The highest BCUT2D eigenvalue weighted by Crippen LogP contribution is 2.16. The van der Waals surface area contributed by atoms with Gasteiger partial charge in [0.15, 0.2) is 5.82 Å². The van der Waals surface area contributed by atoms with E-state index >= 15 is 0 Å². The maximum absolute atomic E-state index is 9.13. The van der Waals surface area contributed by atoms with E-state index in [9.17, 15) is 0 Å². The Bertz CT molecular complexity index is 549. The number of rotatable bonds is 4. The normalized spacial score (nSPS) is 10.1. The molecule has 0 atom stereocenters. The third-order valence-corrected chi connectivity index (χ3v) is 2.75. The van der Waals surface area contributed by atoms with Crippen LogP contribution in [0.25, 0.3) is 5.69 Å². The molecule has 2 rings (SSSR count). The lowest BCUT2D eigenvalue weighted by Gasteiger charge is -2.16. The van der Waals surface area contributed by atoms with E-state index in [1.807, 2.05) is 49.1 Å². The van der Waals surface area contributed by atoms with Crippen LogP contribution in [0.15, 0.2) is 30.3 Å². The van der Waals surface area contributed by atoms with Gasteiger partial charge >= 0.3 is 0 Å². The molecule has 92 valence electrons. The van der Waals surface area contributed by atoms with Gasteiger partial charge in [0.25, 0.3) is 0 Å². The highest BCUT2D eigenvalue weighted by atomic mass is 15.5. The number of hydrogen-bond donors (Lipinski definition) is 0. The standard InChI is InChI=1S/C13H15N5/c1-3-17(4-2)13-12(10-14)15-18(16-13)11-8-6-5-7-9-11/h5-9H,3-4H2,1-2H3. The van der Waals surface area contributed by atoms with Gasteiger partial charge in [0.05, 0.1) is 5.69 Å². The molecule has 0 radical (unpaired) electrons. The van der Waals surface area contributed by atoms with Gasteiger partial charge in [0.2, 0.25) is 5.69 Å². The number of aromatic nitrogens is 3. The second kappa shape index (κ2) is 5.32. The lowest BCUT2D eigenvalue weighted by atomic mass is 10.3. The lowest BCUT2D eigenvalue weighted by Crippen LogP contribution is -2.23. The number of nitriles is 1. The maximum atomic E-state index is 9.13. The van der Waals surface area contributed by atoms with Crippen molar-refractivity contribution in [1.82, 2.24) is 15.0 Å². The number of anilines is 1. The first-order valence-corrected chi connectivity index (χ1v) is 5.98. The van der Waals surface area contributed by atoms with Gasteiger partial charge in [-0.05, 0) is 26.0 Å². The number of hydrogen-bond acceptors (Lipinski definition) is 4. The van der Waals surface area contributed by atoms with Crippen LogP contribution in [0.4, 0.5) is 5.82 Å². The molecule has 0 saturated carbocycles. The summed E-state index contributed by atoms with van der Waals surface area (Å²) in [6.07, 6.45) is 0. The van der Waals surface area contributed by atoms with E-state index in [0.717, 1.165) is 18.8 Å². The van der Waals surface area contributed by atoms with Crippen molar-refractivity contribution in [1.29, 1.82) is 5.26 Å². The van der Waals surface area contributed by atoms with Crippen LogP contribution in [0, 0.1) is 11.3 Å². The first-order chi connectivity index (χ1) is 8.80. The summed E-state index contributed by atoms with van der Waals surface area (Å²) in [5, 5.41) is 17.7. The Kier molecular flexibility index (Phi) is 3.58. The summed E-state index contributed by atoms with van der Waals surface area (Å²) in [6.45, 7) is 5.68. The average molecular weight is 241 g/mol. The zero-order valence-corrected chi connectivity index (χ0v) is 10.5. The monoisotopic (exact) mass is 241 g/mol. The largest absolute Gasteiger partial charge is 0.353 e. The Balaban J connectivity index is 2.45. The summed E-state index contributed by atoms with van der Waals surface area (Å²) >= 11 is 0. The van der Waals surface area contributed by atoms with Gasteiger partial charge in [-0.15, -0.1) is 15.0 Å². The first kappa shape index (κ1) is 12.1. The van der Waals surface area contributed by atoms with Crippen LogP contribution in [-0.4, -0.2) is 28.1 Å². The summed E-state index contributed by atoms with van der Waals surface area (Å²) in [7, 11) is 0. The molecule has 5 heteroatoms. The topological polar surface area (TPSA) is 57.7 Å². The minimum absolute atomic E-state index is 0.363. The van der Waals surface area contributed by atoms with Crippen molar-refractivity contribution < 1.29 is 0 Å². The van der Waals surface area contributed by atoms with Gasteiger partial charge in [-0.25, -0.2) is 0 Å². The highest BCUT2D eigenvalue weighted by molar-refractivity contribution is 5.50. The molecule has 0 N–H and O–H groups in total. The van der Waals surface area contributed by atoms with E-state index in [1.165, 1.54) is 4.80 Å². The molecule has 0 unspecified atom stereocenters. The predicted molar refractivity (Wildman–Crippen MR) is 69.6 cm³/mol. The van der Waals surface area contributed by atoms with Crippen LogP contribution >= 0.6 is 0 Å². The average Bonchev–Trinajstić information content (AvgIpc) is 2.85. The van der Waals surface area contributed by atoms with Crippen LogP contribution in [0.2, 0.25) is 0 Å². The fourth-order valence-corrected chi connectivity index (χ4v) is 1.78. The predicted octanol–water partition coefficient (Wildman–Crippen LogP) is 1.99.